The molecule has 0 aliphatic carbocycles. The Hall–Kier alpha value is -3.30. The van der Waals surface area contributed by atoms with Crippen molar-refractivity contribution in [3.05, 3.63) is 46.7 Å². The van der Waals surface area contributed by atoms with E-state index in [1.807, 2.05) is 18.2 Å². The monoisotopic (exact) mass is 468 g/mol. The van der Waals surface area contributed by atoms with Crippen molar-refractivity contribution in [2.75, 3.05) is 37.5 Å². The van der Waals surface area contributed by atoms with Crippen molar-refractivity contribution < 1.29 is 14.3 Å². The third-order valence-corrected chi connectivity index (χ3v) is 6.16. The molecule has 5 rings (SSSR count). The number of aromatic amines is 1. The van der Waals surface area contributed by atoms with E-state index >= 15 is 0 Å². The third kappa shape index (κ3) is 4.34. The number of aromatic nitrogens is 3. The maximum atomic E-state index is 12.8. The molecule has 0 spiro atoms. The van der Waals surface area contributed by atoms with Gasteiger partial charge in [0.25, 0.3) is 5.91 Å². The molecule has 172 valence electrons. The summed E-state index contributed by atoms with van der Waals surface area (Å²) in [7, 11) is 1.56. The molecule has 1 fully saturated rings. The molecular weight excluding hydrogens is 444 g/mol. The van der Waals surface area contributed by atoms with Crippen LogP contribution in [0.25, 0.3) is 11.4 Å². The smallest absolute Gasteiger partial charge is 0.255 e. The van der Waals surface area contributed by atoms with E-state index in [-0.39, 0.29) is 11.9 Å². The molecule has 33 heavy (non-hydrogen) atoms. The van der Waals surface area contributed by atoms with E-state index in [9.17, 15) is 4.79 Å². The molecule has 0 bridgehead atoms. The number of H-pyrrole nitrogens is 1. The van der Waals surface area contributed by atoms with Gasteiger partial charge in [-0.3, -0.25) is 4.79 Å². The molecule has 4 heterocycles. The Morgan fingerprint density at radius 3 is 2.91 bits per heavy atom. The first-order valence-electron chi connectivity index (χ1n) is 10.9. The lowest BCUT2D eigenvalue weighted by Gasteiger charge is -2.23. The molecule has 1 aromatic carbocycles. The normalized spacial score (nSPS) is 16.1. The number of para-hydroxylation sites is 1. The summed E-state index contributed by atoms with van der Waals surface area (Å²) in [6.07, 6.45) is 4.23. The fourth-order valence-corrected chi connectivity index (χ4v) is 4.49. The zero-order valence-corrected chi connectivity index (χ0v) is 19.0. The fraction of sp³-hybridized carbons (Fsp3) is 0.348. The second-order valence-corrected chi connectivity index (χ2v) is 8.38. The summed E-state index contributed by atoms with van der Waals surface area (Å²) in [5, 5.41) is 10.2. The lowest BCUT2D eigenvalue weighted by Crippen LogP contribution is -2.31. The van der Waals surface area contributed by atoms with Gasteiger partial charge in [0.1, 0.15) is 0 Å². The molecule has 3 aromatic rings. The van der Waals surface area contributed by atoms with Crippen molar-refractivity contribution in [1.29, 1.82) is 0 Å². The average Bonchev–Trinajstić information content (AvgIpc) is 3.20. The minimum Gasteiger partial charge on any atom is -0.493 e. The molecule has 0 saturated carbocycles. The summed E-state index contributed by atoms with van der Waals surface area (Å²) in [6.45, 7) is 2.03. The number of ether oxygens (including phenoxy) is 2. The molecule has 0 radical (unpaired) electrons. The number of nitrogens with one attached hydrogen (secondary N) is 4. The lowest BCUT2D eigenvalue weighted by molar-refractivity contribution is 0.0903. The molecular formula is C23H25ClN6O3. The topological polar surface area (TPSA) is 113 Å². The molecule has 10 heteroatoms. The van der Waals surface area contributed by atoms with Gasteiger partial charge in [0.05, 0.1) is 40.5 Å². The Morgan fingerprint density at radius 1 is 1.24 bits per heavy atom. The van der Waals surface area contributed by atoms with Crippen molar-refractivity contribution in [1.82, 2.24) is 20.3 Å². The Kier molecular flexibility index (Phi) is 6.06. The highest BCUT2D eigenvalue weighted by molar-refractivity contribution is 6.32. The molecule has 0 atom stereocenters. The number of hydrogen-bond donors (Lipinski definition) is 4. The highest BCUT2D eigenvalue weighted by Gasteiger charge is 2.28. The van der Waals surface area contributed by atoms with Crippen LogP contribution in [0.4, 0.5) is 17.3 Å². The van der Waals surface area contributed by atoms with E-state index in [1.165, 1.54) is 0 Å². The van der Waals surface area contributed by atoms with Gasteiger partial charge in [-0.2, -0.15) is 0 Å². The largest absolute Gasteiger partial charge is 0.493 e. The SMILES string of the molecule is COc1c(Cl)cccc1Nc1c(-c2ccnc(NC3CCOCC3)n2)[nH]c2c1C(=O)NCC2. The van der Waals surface area contributed by atoms with Crippen LogP contribution in [0.3, 0.4) is 0 Å². The van der Waals surface area contributed by atoms with Gasteiger partial charge in [0, 0.05) is 44.1 Å². The van der Waals surface area contributed by atoms with Crippen LogP contribution in [0.2, 0.25) is 5.02 Å². The first-order chi connectivity index (χ1) is 16.1. The number of nitrogens with zero attached hydrogens (tertiary/aromatic N) is 2. The minimum absolute atomic E-state index is 0.142. The summed E-state index contributed by atoms with van der Waals surface area (Å²) in [5.74, 6) is 0.903. The van der Waals surface area contributed by atoms with Crippen molar-refractivity contribution in [3.63, 3.8) is 0 Å². The summed E-state index contributed by atoms with van der Waals surface area (Å²) >= 11 is 6.32. The van der Waals surface area contributed by atoms with Gasteiger partial charge in [0.2, 0.25) is 5.95 Å². The third-order valence-electron chi connectivity index (χ3n) is 5.86. The van der Waals surface area contributed by atoms with Gasteiger partial charge in [-0.1, -0.05) is 17.7 Å². The number of carbonyl (C=O) groups excluding carboxylic acids is 1. The number of methoxy groups -OCH3 is 1. The molecule has 4 N–H and O–H groups in total. The number of anilines is 3. The number of fused-ring (bicyclic) bond motifs is 1. The van der Waals surface area contributed by atoms with E-state index in [4.69, 9.17) is 26.1 Å². The Morgan fingerprint density at radius 2 is 2.09 bits per heavy atom. The number of rotatable bonds is 6. The summed E-state index contributed by atoms with van der Waals surface area (Å²) < 4.78 is 10.9. The zero-order valence-electron chi connectivity index (χ0n) is 18.2. The maximum Gasteiger partial charge on any atom is 0.255 e. The molecule has 1 saturated heterocycles. The van der Waals surface area contributed by atoms with Crippen LogP contribution in [0.5, 0.6) is 5.75 Å². The summed E-state index contributed by atoms with van der Waals surface area (Å²) in [4.78, 5) is 25.4. The average molecular weight is 469 g/mol. The summed E-state index contributed by atoms with van der Waals surface area (Å²) in [6, 6.07) is 7.53. The van der Waals surface area contributed by atoms with Gasteiger partial charge in [0.15, 0.2) is 5.75 Å². The quantitative estimate of drug-likeness (QED) is 0.435. The van der Waals surface area contributed by atoms with Crippen molar-refractivity contribution in [3.8, 4) is 17.1 Å². The second-order valence-electron chi connectivity index (χ2n) is 7.98. The van der Waals surface area contributed by atoms with E-state index in [0.717, 1.165) is 31.7 Å². The maximum absolute atomic E-state index is 12.8. The van der Waals surface area contributed by atoms with E-state index < -0.39 is 0 Å². The first kappa shape index (κ1) is 21.5. The molecule has 1 amide bonds. The van der Waals surface area contributed by atoms with Gasteiger partial charge in [-0.05, 0) is 31.0 Å². The van der Waals surface area contributed by atoms with Crippen LogP contribution < -0.4 is 20.7 Å². The Bertz CT molecular complexity index is 1170. The van der Waals surface area contributed by atoms with Crippen LogP contribution in [0.15, 0.2) is 30.5 Å². The number of amides is 1. The Balaban J connectivity index is 1.55. The molecule has 2 aliphatic rings. The molecule has 9 nitrogen and oxygen atoms in total. The predicted octanol–water partition coefficient (Wildman–Crippen LogP) is 3.75. The van der Waals surface area contributed by atoms with E-state index in [1.54, 1.807) is 19.4 Å². The highest BCUT2D eigenvalue weighted by Crippen LogP contribution is 2.40. The van der Waals surface area contributed by atoms with Crippen molar-refractivity contribution in [2.24, 2.45) is 0 Å². The van der Waals surface area contributed by atoms with Crippen LogP contribution in [-0.4, -0.2) is 53.8 Å². The number of halogens is 1. The summed E-state index contributed by atoms with van der Waals surface area (Å²) in [5.41, 5.74) is 4.08. The van der Waals surface area contributed by atoms with Gasteiger partial charge < -0.3 is 30.4 Å². The van der Waals surface area contributed by atoms with Crippen molar-refractivity contribution in [2.45, 2.75) is 25.3 Å². The van der Waals surface area contributed by atoms with Gasteiger partial charge in [-0.15, -0.1) is 0 Å². The number of hydrogen-bond acceptors (Lipinski definition) is 7. The van der Waals surface area contributed by atoms with Crippen LogP contribution in [0, 0.1) is 0 Å². The predicted molar refractivity (Wildman–Crippen MR) is 127 cm³/mol. The second kappa shape index (κ2) is 9.29. The van der Waals surface area contributed by atoms with Crippen LogP contribution in [-0.2, 0) is 11.2 Å². The van der Waals surface area contributed by atoms with E-state index in [0.29, 0.717) is 58.0 Å². The number of carbonyl (C=O) groups is 1. The van der Waals surface area contributed by atoms with Crippen LogP contribution in [0.1, 0.15) is 28.9 Å². The molecule has 2 aliphatic heterocycles. The first-order valence-corrected chi connectivity index (χ1v) is 11.3. The highest BCUT2D eigenvalue weighted by atomic mass is 35.5. The van der Waals surface area contributed by atoms with Gasteiger partial charge >= 0.3 is 0 Å². The number of benzene rings is 1. The zero-order chi connectivity index (χ0) is 22.8. The molecule has 2 aromatic heterocycles. The standard InChI is InChI=1S/C23H25ClN6O3/c1-32-21-14(24)3-2-4-17(21)29-20-18-15(5-9-25-22(18)31)28-19(20)16-6-10-26-23(30-16)27-13-7-11-33-12-8-13/h2-4,6,10,13,28-29H,5,7-9,11-12H2,1H3,(H,25,31)(H,26,27,30). The van der Waals surface area contributed by atoms with Crippen molar-refractivity contribution >= 4 is 34.8 Å². The lowest BCUT2D eigenvalue weighted by atomic mass is 10.1. The minimum atomic E-state index is -0.142. The Labute approximate surface area is 196 Å². The molecule has 0 unspecified atom stereocenters. The van der Waals surface area contributed by atoms with Gasteiger partial charge in [-0.25, -0.2) is 9.97 Å². The van der Waals surface area contributed by atoms with E-state index in [2.05, 4.69) is 25.9 Å². The van der Waals surface area contributed by atoms with Crippen LogP contribution >= 0.6 is 11.6 Å². The fourth-order valence-electron chi connectivity index (χ4n) is 4.24.